The van der Waals surface area contributed by atoms with Crippen LogP contribution in [0.25, 0.3) is 0 Å². The third kappa shape index (κ3) is 7.10. The fourth-order valence-electron chi connectivity index (χ4n) is 1.02. The van der Waals surface area contributed by atoms with Crippen LogP contribution < -0.4 is 5.32 Å². The Morgan fingerprint density at radius 2 is 1.93 bits per heavy atom. The van der Waals surface area contributed by atoms with Crippen molar-refractivity contribution < 1.29 is 17.8 Å². The molecular weight excluding hydrogens is 218 g/mol. The van der Waals surface area contributed by atoms with E-state index in [1.807, 2.05) is 0 Å². The maximum absolute atomic E-state index is 11.1. The van der Waals surface area contributed by atoms with Gasteiger partial charge in [-0.25, -0.2) is 0 Å². The molecule has 0 radical (unpaired) electrons. The topological polar surface area (TPSA) is 83.5 Å². The molecular formula is C9H17NO4S. The lowest BCUT2D eigenvalue weighted by atomic mass is 9.96. The second-order valence-corrected chi connectivity index (χ2v) is 5.81. The van der Waals surface area contributed by atoms with E-state index in [-0.39, 0.29) is 12.5 Å². The summed E-state index contributed by atoms with van der Waals surface area (Å²) >= 11 is 0. The third-order valence-electron chi connectivity index (χ3n) is 1.69. The van der Waals surface area contributed by atoms with E-state index in [4.69, 9.17) is 4.55 Å². The molecule has 0 aliphatic heterocycles. The van der Waals surface area contributed by atoms with Gasteiger partial charge in [0.1, 0.15) is 0 Å². The molecule has 0 heterocycles. The molecule has 15 heavy (non-hydrogen) atoms. The molecule has 0 aliphatic rings. The van der Waals surface area contributed by atoms with Gasteiger partial charge in [0.15, 0.2) is 0 Å². The highest BCUT2D eigenvalue weighted by Crippen LogP contribution is 2.16. The van der Waals surface area contributed by atoms with Gasteiger partial charge >= 0.3 is 0 Å². The number of carbonyl (C=O) groups excluding carboxylic acids is 1. The zero-order valence-electron chi connectivity index (χ0n) is 9.20. The summed E-state index contributed by atoms with van der Waals surface area (Å²) in [6.07, 6.45) is 0. The van der Waals surface area contributed by atoms with E-state index in [1.54, 1.807) is 20.8 Å². The molecule has 0 aromatic heterocycles. The molecule has 2 N–H and O–H groups in total. The molecule has 0 aromatic rings. The van der Waals surface area contributed by atoms with E-state index < -0.39 is 21.3 Å². The number of rotatable bonds is 5. The van der Waals surface area contributed by atoms with E-state index in [0.29, 0.717) is 5.57 Å². The summed E-state index contributed by atoms with van der Waals surface area (Å²) in [5.74, 6) is -0.713. The van der Waals surface area contributed by atoms with Crippen molar-refractivity contribution >= 4 is 16.0 Å². The number of hydrogen-bond acceptors (Lipinski definition) is 3. The maximum Gasteiger partial charge on any atom is 0.265 e. The first-order valence-electron chi connectivity index (χ1n) is 4.42. The van der Waals surface area contributed by atoms with Crippen LogP contribution in [0.5, 0.6) is 0 Å². The summed E-state index contributed by atoms with van der Waals surface area (Å²) in [7, 11) is -4.02. The summed E-state index contributed by atoms with van der Waals surface area (Å²) in [6.45, 7) is 8.45. The van der Waals surface area contributed by atoms with Crippen molar-refractivity contribution in [2.75, 3.05) is 12.3 Å². The predicted octanol–water partition coefficient (Wildman–Crippen LogP) is 0.593. The van der Waals surface area contributed by atoms with Crippen molar-refractivity contribution in [2.24, 2.45) is 5.41 Å². The lowest BCUT2D eigenvalue weighted by molar-refractivity contribution is -0.117. The quantitative estimate of drug-likeness (QED) is 0.539. The van der Waals surface area contributed by atoms with Gasteiger partial charge in [-0.3, -0.25) is 9.35 Å². The van der Waals surface area contributed by atoms with Crippen molar-refractivity contribution in [1.29, 1.82) is 0 Å². The molecule has 0 atom stereocenters. The predicted molar refractivity (Wildman–Crippen MR) is 58.0 cm³/mol. The summed E-state index contributed by atoms with van der Waals surface area (Å²) in [5.41, 5.74) is -0.351. The Balaban J connectivity index is 4.28. The summed E-state index contributed by atoms with van der Waals surface area (Å²) in [6, 6.07) is 0. The van der Waals surface area contributed by atoms with E-state index in [1.165, 1.54) is 0 Å². The molecule has 0 saturated carbocycles. The van der Waals surface area contributed by atoms with Crippen LogP contribution in [0.4, 0.5) is 0 Å². The van der Waals surface area contributed by atoms with Gasteiger partial charge in [-0.15, -0.1) is 0 Å². The molecule has 0 aromatic carbocycles. The van der Waals surface area contributed by atoms with Gasteiger partial charge in [0.25, 0.3) is 10.1 Å². The van der Waals surface area contributed by atoms with E-state index in [2.05, 4.69) is 11.9 Å². The van der Waals surface area contributed by atoms with Gasteiger partial charge < -0.3 is 5.32 Å². The van der Waals surface area contributed by atoms with Gasteiger partial charge in [0, 0.05) is 12.1 Å². The van der Waals surface area contributed by atoms with Crippen LogP contribution in [0, 0.1) is 5.41 Å². The van der Waals surface area contributed by atoms with Gasteiger partial charge in [-0.05, 0) is 12.3 Å². The number of carbonyl (C=O) groups is 1. The molecule has 1 amide bonds. The first-order chi connectivity index (χ1) is 6.53. The highest BCUT2D eigenvalue weighted by Gasteiger charge is 2.25. The Morgan fingerprint density at radius 1 is 1.47 bits per heavy atom. The molecule has 0 unspecified atom stereocenters. The van der Waals surface area contributed by atoms with Crippen LogP contribution in [-0.2, 0) is 14.9 Å². The van der Waals surface area contributed by atoms with Crippen molar-refractivity contribution in [3.8, 4) is 0 Å². The summed E-state index contributed by atoms with van der Waals surface area (Å²) in [4.78, 5) is 11.1. The normalized spacial score (nSPS) is 12.3. The molecule has 0 rings (SSSR count). The van der Waals surface area contributed by atoms with Crippen LogP contribution in [0.2, 0.25) is 0 Å². The Bertz CT molecular complexity index is 356. The van der Waals surface area contributed by atoms with Gasteiger partial charge in [0.05, 0.1) is 5.75 Å². The van der Waals surface area contributed by atoms with Crippen molar-refractivity contribution in [1.82, 2.24) is 5.32 Å². The first kappa shape index (κ1) is 14.1. The number of hydrogen-bond donors (Lipinski definition) is 2. The molecule has 0 bridgehead atoms. The molecule has 5 nitrogen and oxygen atoms in total. The van der Waals surface area contributed by atoms with Gasteiger partial charge in [-0.2, -0.15) is 8.42 Å². The molecule has 0 fully saturated rings. The van der Waals surface area contributed by atoms with Crippen LogP contribution in [0.3, 0.4) is 0 Å². The van der Waals surface area contributed by atoms with Gasteiger partial charge in [-0.1, -0.05) is 20.4 Å². The molecule has 88 valence electrons. The second kappa shape index (κ2) is 4.76. The monoisotopic (exact) mass is 235 g/mol. The maximum atomic E-state index is 11.1. The van der Waals surface area contributed by atoms with Crippen LogP contribution in [0.15, 0.2) is 12.2 Å². The van der Waals surface area contributed by atoms with Crippen LogP contribution in [0.1, 0.15) is 20.8 Å². The Hall–Kier alpha value is -0.880. The van der Waals surface area contributed by atoms with Crippen molar-refractivity contribution in [3.63, 3.8) is 0 Å². The SMILES string of the molecule is C=C(C)C(=O)NCC(C)(C)CS(=O)(=O)O. The summed E-state index contributed by atoms with van der Waals surface area (Å²) < 4.78 is 30.0. The second-order valence-electron chi connectivity index (χ2n) is 4.35. The van der Waals surface area contributed by atoms with E-state index in [0.717, 1.165) is 0 Å². The fraction of sp³-hybridized carbons (Fsp3) is 0.667. The van der Waals surface area contributed by atoms with Crippen molar-refractivity contribution in [3.05, 3.63) is 12.2 Å². The lowest BCUT2D eigenvalue weighted by Crippen LogP contribution is -2.38. The molecule has 0 aliphatic carbocycles. The molecule has 6 heteroatoms. The van der Waals surface area contributed by atoms with Gasteiger partial charge in [0.2, 0.25) is 5.91 Å². The molecule has 0 saturated heterocycles. The Kier molecular flexibility index (Phi) is 4.48. The lowest BCUT2D eigenvalue weighted by Gasteiger charge is -2.23. The third-order valence-corrected chi connectivity index (χ3v) is 2.83. The van der Waals surface area contributed by atoms with Crippen molar-refractivity contribution in [2.45, 2.75) is 20.8 Å². The minimum Gasteiger partial charge on any atom is -0.352 e. The average molecular weight is 235 g/mol. The number of nitrogens with one attached hydrogen (secondary N) is 1. The Labute approximate surface area is 90.3 Å². The smallest absolute Gasteiger partial charge is 0.265 e. The summed E-state index contributed by atoms with van der Waals surface area (Å²) in [5, 5.41) is 2.53. The highest BCUT2D eigenvalue weighted by molar-refractivity contribution is 7.85. The minimum atomic E-state index is -4.02. The fourth-order valence-corrected chi connectivity index (χ4v) is 2.10. The van der Waals surface area contributed by atoms with Crippen LogP contribution in [-0.4, -0.2) is 31.2 Å². The Morgan fingerprint density at radius 3 is 2.27 bits per heavy atom. The van der Waals surface area contributed by atoms with E-state index >= 15 is 0 Å². The highest BCUT2D eigenvalue weighted by atomic mass is 32.2. The van der Waals surface area contributed by atoms with Crippen LogP contribution >= 0.6 is 0 Å². The standard InChI is InChI=1S/C9H17NO4S/c1-7(2)8(11)10-5-9(3,4)6-15(12,13)14/h1,5-6H2,2-4H3,(H,10,11)(H,12,13,14). The molecule has 0 spiro atoms. The largest absolute Gasteiger partial charge is 0.352 e. The van der Waals surface area contributed by atoms with E-state index in [9.17, 15) is 13.2 Å². The zero-order valence-corrected chi connectivity index (χ0v) is 10.0. The number of amides is 1. The zero-order chi connectivity index (χ0) is 12.3. The average Bonchev–Trinajstić information content (AvgIpc) is 1.95. The first-order valence-corrected chi connectivity index (χ1v) is 6.03. The minimum absolute atomic E-state index is 0.165.